The van der Waals surface area contributed by atoms with E-state index in [1.807, 2.05) is 55.5 Å². The second kappa shape index (κ2) is 11.3. The minimum Gasteiger partial charge on any atom is -0.478 e. The molecule has 1 aliphatic rings. The summed E-state index contributed by atoms with van der Waals surface area (Å²) in [5.41, 5.74) is 5.47. The third-order valence-corrected chi connectivity index (χ3v) is 6.91. The van der Waals surface area contributed by atoms with E-state index in [9.17, 15) is 14.7 Å². The van der Waals surface area contributed by atoms with E-state index < -0.39 is 5.97 Å². The van der Waals surface area contributed by atoms with Crippen LogP contribution in [0.4, 0.5) is 11.4 Å². The maximum atomic E-state index is 13.6. The molecule has 0 saturated carbocycles. The second-order valence-corrected chi connectivity index (χ2v) is 9.44. The fourth-order valence-electron chi connectivity index (χ4n) is 4.89. The molecule has 1 heterocycles. The highest BCUT2D eigenvalue weighted by Gasteiger charge is 2.15. The van der Waals surface area contributed by atoms with Gasteiger partial charge in [-0.25, -0.2) is 4.79 Å². The van der Waals surface area contributed by atoms with E-state index in [1.165, 1.54) is 5.69 Å². The van der Waals surface area contributed by atoms with Gasteiger partial charge in [0.05, 0.1) is 0 Å². The summed E-state index contributed by atoms with van der Waals surface area (Å²) < 4.78 is 0. The summed E-state index contributed by atoms with van der Waals surface area (Å²) in [6.07, 6.45) is 2.06. The van der Waals surface area contributed by atoms with Crippen molar-refractivity contribution in [2.45, 2.75) is 13.3 Å². The minimum absolute atomic E-state index is 0.212. The van der Waals surface area contributed by atoms with Gasteiger partial charge in [0, 0.05) is 48.7 Å². The van der Waals surface area contributed by atoms with E-state index in [0.29, 0.717) is 23.2 Å². The molecule has 6 heteroatoms. The van der Waals surface area contributed by atoms with E-state index in [0.717, 1.165) is 53.6 Å². The molecule has 6 nitrogen and oxygen atoms in total. The van der Waals surface area contributed by atoms with Crippen LogP contribution in [0.3, 0.4) is 0 Å². The molecular weight excluding hydrogens is 474 g/mol. The Morgan fingerprint density at radius 2 is 1.71 bits per heavy atom. The van der Waals surface area contributed by atoms with Crippen LogP contribution < -0.4 is 15.5 Å². The number of hydrogen-bond donors (Lipinski definition) is 3. The highest BCUT2D eigenvalue weighted by molar-refractivity contribution is 6.14. The molecule has 1 fully saturated rings. The highest BCUT2D eigenvalue weighted by Crippen LogP contribution is 2.31. The smallest absolute Gasteiger partial charge is 0.331 e. The topological polar surface area (TPSA) is 81.7 Å². The molecule has 0 bridgehead atoms. The molecule has 0 unspecified atom stereocenters. The molecule has 0 aromatic heterocycles. The molecular formula is C32H31N3O3. The fourth-order valence-corrected chi connectivity index (χ4v) is 4.89. The lowest BCUT2D eigenvalue weighted by Gasteiger charge is -2.29. The van der Waals surface area contributed by atoms with Gasteiger partial charge in [0.25, 0.3) is 5.91 Å². The molecule has 4 aromatic rings. The Morgan fingerprint density at radius 3 is 2.50 bits per heavy atom. The number of hydrogen-bond acceptors (Lipinski definition) is 4. The Balaban J connectivity index is 1.48. The number of benzene rings is 4. The summed E-state index contributed by atoms with van der Waals surface area (Å²) in [4.78, 5) is 27.4. The number of rotatable bonds is 7. The molecule has 0 aliphatic carbocycles. The van der Waals surface area contributed by atoms with Gasteiger partial charge < -0.3 is 20.6 Å². The number of nitrogens with zero attached hydrogens (tertiary/aromatic N) is 1. The Hall–Kier alpha value is -4.42. The lowest BCUT2D eigenvalue weighted by Crippen LogP contribution is -2.43. The zero-order chi connectivity index (χ0) is 26.5. The largest absolute Gasteiger partial charge is 0.478 e. The molecule has 192 valence electrons. The number of piperazine rings is 1. The second-order valence-electron chi connectivity index (χ2n) is 9.44. The van der Waals surface area contributed by atoms with Gasteiger partial charge in [0.2, 0.25) is 0 Å². The maximum absolute atomic E-state index is 13.6. The van der Waals surface area contributed by atoms with Gasteiger partial charge in [-0.15, -0.1) is 0 Å². The van der Waals surface area contributed by atoms with Crippen LogP contribution >= 0.6 is 0 Å². The summed E-state index contributed by atoms with van der Waals surface area (Å²) in [6, 6.07) is 27.7. The van der Waals surface area contributed by atoms with E-state index in [4.69, 9.17) is 0 Å². The Bertz CT molecular complexity index is 1520. The van der Waals surface area contributed by atoms with Crippen molar-refractivity contribution in [3.8, 4) is 11.1 Å². The maximum Gasteiger partial charge on any atom is 0.331 e. The van der Waals surface area contributed by atoms with Crippen molar-refractivity contribution in [3.63, 3.8) is 0 Å². The van der Waals surface area contributed by atoms with Crippen LogP contribution in [0.5, 0.6) is 0 Å². The van der Waals surface area contributed by atoms with Crippen LogP contribution in [0, 0.1) is 0 Å². The number of fused-ring (bicyclic) bond motifs is 1. The lowest BCUT2D eigenvalue weighted by molar-refractivity contribution is -0.132. The summed E-state index contributed by atoms with van der Waals surface area (Å²) in [5, 5.41) is 17.7. The SMILES string of the molecule is CCC(=Cc1cccc(NC(=O)c2cc(-c3cccc(N4CCNCC4)c3)cc3ccccc23)c1)C(=O)O. The van der Waals surface area contributed by atoms with E-state index in [2.05, 4.69) is 45.9 Å². The van der Waals surface area contributed by atoms with Crippen LogP contribution in [-0.4, -0.2) is 43.2 Å². The van der Waals surface area contributed by atoms with Crippen molar-refractivity contribution in [2.24, 2.45) is 0 Å². The van der Waals surface area contributed by atoms with Gasteiger partial charge in [-0.3, -0.25) is 4.79 Å². The number of carboxylic acid groups (broad SMARTS) is 1. The normalized spacial score (nSPS) is 13.9. The molecule has 5 rings (SSSR count). The van der Waals surface area contributed by atoms with Gasteiger partial charge in [-0.2, -0.15) is 0 Å². The summed E-state index contributed by atoms with van der Waals surface area (Å²) >= 11 is 0. The predicted molar refractivity (Wildman–Crippen MR) is 155 cm³/mol. The Kier molecular flexibility index (Phi) is 7.52. The highest BCUT2D eigenvalue weighted by atomic mass is 16.4. The Labute approximate surface area is 222 Å². The molecule has 1 saturated heterocycles. The van der Waals surface area contributed by atoms with Crippen molar-refractivity contribution in [1.82, 2.24) is 5.32 Å². The first kappa shape index (κ1) is 25.2. The molecule has 3 N–H and O–H groups in total. The summed E-state index contributed by atoms with van der Waals surface area (Å²) in [7, 11) is 0. The van der Waals surface area contributed by atoms with Gasteiger partial charge in [-0.1, -0.05) is 55.5 Å². The van der Waals surface area contributed by atoms with Crippen molar-refractivity contribution in [3.05, 3.63) is 102 Å². The number of carboxylic acids is 1. The van der Waals surface area contributed by atoms with Crippen LogP contribution in [0.15, 0.2) is 90.5 Å². The van der Waals surface area contributed by atoms with Gasteiger partial charge in [0.15, 0.2) is 0 Å². The standard InChI is InChI=1S/C32H31N3O3/c1-2-23(32(37)38)17-22-7-5-10-27(18-22)34-31(36)30-21-26(19-25-8-3-4-12-29(25)30)24-9-6-11-28(20-24)35-15-13-33-14-16-35/h3-12,17-21,33H,2,13-16H2,1H3,(H,34,36)(H,37,38). The minimum atomic E-state index is -0.939. The third kappa shape index (κ3) is 5.61. The average molecular weight is 506 g/mol. The summed E-state index contributed by atoms with van der Waals surface area (Å²) in [5.74, 6) is -1.15. The predicted octanol–water partition coefficient (Wildman–Crippen LogP) is 6.05. The Morgan fingerprint density at radius 1 is 0.921 bits per heavy atom. The first-order valence-electron chi connectivity index (χ1n) is 13.0. The molecule has 38 heavy (non-hydrogen) atoms. The molecule has 1 amide bonds. The number of nitrogens with one attached hydrogen (secondary N) is 2. The van der Waals surface area contributed by atoms with Gasteiger partial charge in [0.1, 0.15) is 0 Å². The van der Waals surface area contributed by atoms with Crippen LogP contribution in [0.1, 0.15) is 29.3 Å². The number of carbonyl (C=O) groups excluding carboxylic acids is 1. The first-order valence-corrected chi connectivity index (χ1v) is 13.0. The molecule has 1 aliphatic heterocycles. The first-order chi connectivity index (χ1) is 18.5. The number of carbonyl (C=O) groups is 2. The molecule has 4 aromatic carbocycles. The van der Waals surface area contributed by atoms with Crippen LogP contribution in [0.25, 0.3) is 28.0 Å². The number of anilines is 2. The zero-order valence-corrected chi connectivity index (χ0v) is 21.4. The monoisotopic (exact) mass is 505 g/mol. The average Bonchev–Trinajstić information content (AvgIpc) is 2.96. The lowest BCUT2D eigenvalue weighted by atomic mass is 9.96. The quantitative estimate of drug-likeness (QED) is 0.267. The van der Waals surface area contributed by atoms with E-state index in [-0.39, 0.29) is 5.91 Å². The van der Waals surface area contributed by atoms with E-state index >= 15 is 0 Å². The third-order valence-electron chi connectivity index (χ3n) is 6.91. The van der Waals surface area contributed by atoms with Crippen molar-refractivity contribution < 1.29 is 14.7 Å². The molecule has 0 radical (unpaired) electrons. The van der Waals surface area contributed by atoms with Crippen molar-refractivity contribution in [2.75, 3.05) is 36.4 Å². The van der Waals surface area contributed by atoms with Crippen LogP contribution in [-0.2, 0) is 4.79 Å². The van der Waals surface area contributed by atoms with E-state index in [1.54, 1.807) is 12.1 Å². The van der Waals surface area contributed by atoms with Gasteiger partial charge in [-0.05, 0) is 76.4 Å². The summed E-state index contributed by atoms with van der Waals surface area (Å²) in [6.45, 7) is 5.68. The zero-order valence-electron chi connectivity index (χ0n) is 21.4. The molecule has 0 atom stereocenters. The number of amides is 1. The fraction of sp³-hybridized carbons (Fsp3) is 0.188. The van der Waals surface area contributed by atoms with Crippen molar-refractivity contribution in [1.29, 1.82) is 0 Å². The number of aliphatic carboxylic acids is 1. The van der Waals surface area contributed by atoms with Crippen LogP contribution in [0.2, 0.25) is 0 Å². The van der Waals surface area contributed by atoms with Gasteiger partial charge >= 0.3 is 5.97 Å². The molecule has 0 spiro atoms. The van der Waals surface area contributed by atoms with Crippen molar-refractivity contribution >= 4 is 40.1 Å².